The summed E-state index contributed by atoms with van der Waals surface area (Å²) in [5, 5.41) is 19.5. The van der Waals surface area contributed by atoms with E-state index in [0.717, 1.165) is 0 Å². The van der Waals surface area contributed by atoms with Crippen molar-refractivity contribution in [3.63, 3.8) is 0 Å². The zero-order valence-electron chi connectivity index (χ0n) is 10.8. The fourth-order valence-electron chi connectivity index (χ4n) is 2.48. The molecule has 0 unspecified atom stereocenters. The Labute approximate surface area is 114 Å². The number of rotatable bonds is 1. The van der Waals surface area contributed by atoms with Crippen molar-refractivity contribution in [2.75, 3.05) is 13.1 Å². The quantitative estimate of drug-likeness (QED) is 0.818. The molecule has 2 aromatic rings. The van der Waals surface area contributed by atoms with Crippen LogP contribution in [0.3, 0.4) is 0 Å². The van der Waals surface area contributed by atoms with Gasteiger partial charge in [0.25, 0.3) is 5.91 Å². The second kappa shape index (κ2) is 4.57. The van der Waals surface area contributed by atoms with Gasteiger partial charge in [-0.1, -0.05) is 0 Å². The Kier molecular flexibility index (Phi) is 2.99. The maximum absolute atomic E-state index is 13.2. The highest BCUT2D eigenvalue weighted by Gasteiger charge is 2.35. The first-order valence-corrected chi connectivity index (χ1v) is 6.31. The highest BCUT2D eigenvalue weighted by molar-refractivity contribution is 5.99. The van der Waals surface area contributed by atoms with E-state index in [-0.39, 0.29) is 18.8 Å². The molecule has 1 aliphatic heterocycles. The summed E-state index contributed by atoms with van der Waals surface area (Å²) in [6.45, 7) is 1.80. The third-order valence-electron chi connectivity index (χ3n) is 3.64. The van der Waals surface area contributed by atoms with Gasteiger partial charge >= 0.3 is 0 Å². The van der Waals surface area contributed by atoms with Crippen LogP contribution in [0.1, 0.15) is 16.1 Å². The van der Waals surface area contributed by atoms with E-state index in [4.69, 9.17) is 4.42 Å². The second-order valence-electron chi connectivity index (χ2n) is 5.04. The summed E-state index contributed by atoms with van der Waals surface area (Å²) in [4.78, 5) is 13.7. The Bertz CT molecular complexity index is 671. The number of benzene rings is 1. The molecule has 3 rings (SSSR count). The first-order valence-electron chi connectivity index (χ1n) is 6.31. The molecular weight excluding hydrogens is 265 g/mol. The van der Waals surface area contributed by atoms with Crippen molar-refractivity contribution in [2.45, 2.75) is 19.1 Å². The lowest BCUT2D eigenvalue weighted by atomic mass is 10.1. The summed E-state index contributed by atoms with van der Waals surface area (Å²) in [6.07, 6.45) is -1.89. The summed E-state index contributed by atoms with van der Waals surface area (Å²) in [7, 11) is 0. The average Bonchev–Trinajstić information content (AvgIpc) is 2.91. The van der Waals surface area contributed by atoms with Crippen molar-refractivity contribution in [1.29, 1.82) is 0 Å². The first kappa shape index (κ1) is 13.1. The number of aliphatic hydroxyl groups is 2. The summed E-state index contributed by atoms with van der Waals surface area (Å²) >= 11 is 0. The van der Waals surface area contributed by atoms with Crippen LogP contribution < -0.4 is 0 Å². The Morgan fingerprint density at radius 3 is 2.65 bits per heavy atom. The number of halogens is 1. The molecule has 0 bridgehead atoms. The molecule has 5 nitrogen and oxygen atoms in total. The fraction of sp³-hybridized carbons (Fsp3) is 0.357. The lowest BCUT2D eigenvalue weighted by Crippen LogP contribution is -2.29. The Morgan fingerprint density at radius 1 is 1.35 bits per heavy atom. The molecule has 2 heterocycles. The van der Waals surface area contributed by atoms with Crippen molar-refractivity contribution in [1.82, 2.24) is 4.90 Å². The van der Waals surface area contributed by atoms with Gasteiger partial charge in [-0.05, 0) is 25.1 Å². The molecular formula is C14H14FNO4. The van der Waals surface area contributed by atoms with E-state index in [1.54, 1.807) is 6.92 Å². The van der Waals surface area contributed by atoms with E-state index in [1.165, 1.54) is 23.1 Å². The monoisotopic (exact) mass is 279 g/mol. The molecule has 0 spiro atoms. The number of carbonyl (C=O) groups excluding carboxylic acids is 1. The van der Waals surface area contributed by atoms with Gasteiger partial charge in [-0.3, -0.25) is 4.79 Å². The highest BCUT2D eigenvalue weighted by Crippen LogP contribution is 2.27. The smallest absolute Gasteiger partial charge is 0.290 e. The van der Waals surface area contributed by atoms with E-state index < -0.39 is 23.9 Å². The normalized spacial score (nSPS) is 22.7. The van der Waals surface area contributed by atoms with Gasteiger partial charge in [-0.2, -0.15) is 0 Å². The van der Waals surface area contributed by atoms with Gasteiger partial charge in [0, 0.05) is 24.0 Å². The zero-order valence-corrected chi connectivity index (χ0v) is 10.8. The summed E-state index contributed by atoms with van der Waals surface area (Å²) in [6, 6.07) is 4.06. The van der Waals surface area contributed by atoms with Crippen molar-refractivity contribution in [3.8, 4) is 0 Å². The summed E-state index contributed by atoms with van der Waals surface area (Å²) < 4.78 is 18.7. The molecule has 0 saturated carbocycles. The third-order valence-corrected chi connectivity index (χ3v) is 3.64. The lowest BCUT2D eigenvalue weighted by molar-refractivity contribution is 0.0572. The molecule has 2 atom stereocenters. The minimum Gasteiger partial charge on any atom is -0.451 e. The molecule has 6 heteroatoms. The molecule has 1 aromatic heterocycles. The van der Waals surface area contributed by atoms with Gasteiger partial charge < -0.3 is 19.5 Å². The van der Waals surface area contributed by atoms with Gasteiger partial charge in [0.05, 0.1) is 12.2 Å². The minimum atomic E-state index is -0.943. The number of amides is 1. The van der Waals surface area contributed by atoms with E-state index in [1.807, 2.05) is 0 Å². The summed E-state index contributed by atoms with van der Waals surface area (Å²) in [5.74, 6) is -0.686. The topological polar surface area (TPSA) is 73.9 Å². The van der Waals surface area contributed by atoms with E-state index in [0.29, 0.717) is 16.5 Å². The largest absolute Gasteiger partial charge is 0.451 e. The van der Waals surface area contributed by atoms with E-state index >= 15 is 0 Å². The molecule has 1 saturated heterocycles. The molecule has 2 N–H and O–H groups in total. The molecule has 0 aliphatic carbocycles. The van der Waals surface area contributed by atoms with Gasteiger partial charge in [-0.15, -0.1) is 0 Å². The number of hydrogen-bond acceptors (Lipinski definition) is 4. The number of aliphatic hydroxyl groups excluding tert-OH is 2. The van der Waals surface area contributed by atoms with Crippen molar-refractivity contribution >= 4 is 16.9 Å². The minimum absolute atomic E-state index is 0.0604. The maximum atomic E-state index is 13.2. The van der Waals surface area contributed by atoms with Crippen molar-refractivity contribution < 1.29 is 23.8 Å². The number of hydrogen-bond donors (Lipinski definition) is 2. The average molecular weight is 279 g/mol. The van der Waals surface area contributed by atoms with Crippen LogP contribution in [0.4, 0.5) is 4.39 Å². The Hall–Kier alpha value is -1.92. The van der Waals surface area contributed by atoms with Crippen LogP contribution in [0, 0.1) is 12.7 Å². The predicted molar refractivity (Wildman–Crippen MR) is 68.8 cm³/mol. The van der Waals surface area contributed by atoms with Crippen LogP contribution in [-0.2, 0) is 0 Å². The molecule has 1 amide bonds. The van der Waals surface area contributed by atoms with Crippen LogP contribution in [0.5, 0.6) is 0 Å². The molecule has 1 fully saturated rings. The molecule has 20 heavy (non-hydrogen) atoms. The molecule has 106 valence electrons. The van der Waals surface area contributed by atoms with Crippen LogP contribution in [-0.4, -0.2) is 46.3 Å². The second-order valence-corrected chi connectivity index (χ2v) is 5.04. The lowest BCUT2D eigenvalue weighted by Gasteiger charge is -2.13. The van der Waals surface area contributed by atoms with E-state index in [9.17, 15) is 19.4 Å². The van der Waals surface area contributed by atoms with Crippen LogP contribution in [0.15, 0.2) is 22.6 Å². The first-order chi connectivity index (χ1) is 9.47. The number of carbonyl (C=O) groups is 1. The van der Waals surface area contributed by atoms with Crippen molar-refractivity contribution in [2.24, 2.45) is 0 Å². The Morgan fingerprint density at radius 2 is 2.00 bits per heavy atom. The fourth-order valence-corrected chi connectivity index (χ4v) is 2.48. The molecule has 0 radical (unpaired) electrons. The summed E-state index contributed by atoms with van der Waals surface area (Å²) in [5.41, 5.74) is 0.993. The molecule has 1 aromatic carbocycles. The number of fused-ring (bicyclic) bond motifs is 1. The zero-order chi connectivity index (χ0) is 14.4. The van der Waals surface area contributed by atoms with Crippen LogP contribution in [0.2, 0.25) is 0 Å². The molecule has 1 aliphatic rings. The van der Waals surface area contributed by atoms with Gasteiger partial charge in [0.2, 0.25) is 0 Å². The van der Waals surface area contributed by atoms with Crippen LogP contribution >= 0.6 is 0 Å². The van der Waals surface area contributed by atoms with Gasteiger partial charge in [0.1, 0.15) is 11.4 Å². The maximum Gasteiger partial charge on any atom is 0.290 e. The number of likely N-dealkylation sites (tertiary alicyclic amines) is 1. The van der Waals surface area contributed by atoms with Crippen molar-refractivity contribution in [3.05, 3.63) is 35.3 Å². The third kappa shape index (κ3) is 1.97. The standard InChI is InChI=1S/C14H14FNO4/c1-7-9-4-8(15)2-3-12(9)20-13(7)14(19)16-5-10(17)11(18)6-16/h2-4,10-11,17-18H,5-6H2,1H3/t10-,11+. The highest BCUT2D eigenvalue weighted by atomic mass is 19.1. The number of nitrogens with zero attached hydrogens (tertiary/aromatic N) is 1. The van der Waals surface area contributed by atoms with Gasteiger partial charge in [-0.25, -0.2) is 4.39 Å². The Balaban J connectivity index is 1.98. The van der Waals surface area contributed by atoms with Crippen LogP contribution in [0.25, 0.3) is 11.0 Å². The predicted octanol–water partition coefficient (Wildman–Crippen LogP) is 1.06. The number of aryl methyl sites for hydroxylation is 1. The SMILES string of the molecule is Cc1c(C(=O)N2C[C@@H](O)[C@@H](O)C2)oc2ccc(F)cc12. The van der Waals surface area contributed by atoms with Gasteiger partial charge in [0.15, 0.2) is 5.76 Å². The number of β-amino-alcohol motifs (C(OH)–C–C–N with tert-alkyl or cyclic N) is 2. The number of furan rings is 1. The van der Waals surface area contributed by atoms with E-state index in [2.05, 4.69) is 0 Å².